The molecule has 0 rings (SSSR count). The smallest absolute Gasteiger partial charge is 0.220 e. The van der Waals surface area contributed by atoms with Gasteiger partial charge in [-0.1, -0.05) is 68.3 Å². The first-order chi connectivity index (χ1) is 8.58. The van der Waals surface area contributed by atoms with Crippen LogP contribution >= 0.6 is 15.9 Å². The third-order valence-corrected chi connectivity index (χ3v) is 4.76. The summed E-state index contributed by atoms with van der Waals surface area (Å²) >= 11 is 3.46. The highest BCUT2D eigenvalue weighted by atomic mass is 79.9. The van der Waals surface area contributed by atoms with Crippen LogP contribution in [0.15, 0.2) is 0 Å². The van der Waals surface area contributed by atoms with Crippen LogP contribution in [0.4, 0.5) is 0 Å². The lowest BCUT2D eigenvalue weighted by molar-refractivity contribution is -0.122. The number of carbonyl (C=O) groups is 1. The molecule has 0 saturated carbocycles. The minimum atomic E-state index is -0.0851. The van der Waals surface area contributed by atoms with Crippen LogP contribution < -0.4 is 5.32 Å². The van der Waals surface area contributed by atoms with Gasteiger partial charge in [0, 0.05) is 17.3 Å². The summed E-state index contributed by atoms with van der Waals surface area (Å²) in [5.74, 6) is 0.201. The number of unbranched alkanes of at least 4 members (excludes halogenated alkanes) is 6. The Morgan fingerprint density at radius 1 is 1.06 bits per heavy atom. The summed E-state index contributed by atoms with van der Waals surface area (Å²) < 4.78 is 0. The Morgan fingerprint density at radius 2 is 1.61 bits per heavy atom. The van der Waals surface area contributed by atoms with Crippen molar-refractivity contribution in [3.63, 3.8) is 0 Å². The molecule has 3 heteroatoms. The third-order valence-electron chi connectivity index (χ3n) is 3.52. The van der Waals surface area contributed by atoms with Gasteiger partial charge in [0.25, 0.3) is 0 Å². The maximum absolute atomic E-state index is 11.8. The fourth-order valence-corrected chi connectivity index (χ4v) is 2.39. The van der Waals surface area contributed by atoms with Crippen molar-refractivity contribution in [2.24, 2.45) is 0 Å². The quantitative estimate of drug-likeness (QED) is 0.430. The zero-order valence-corrected chi connectivity index (χ0v) is 13.9. The van der Waals surface area contributed by atoms with Gasteiger partial charge in [-0.2, -0.15) is 0 Å². The van der Waals surface area contributed by atoms with E-state index < -0.39 is 0 Å². The van der Waals surface area contributed by atoms with E-state index in [2.05, 4.69) is 42.0 Å². The highest BCUT2D eigenvalue weighted by Gasteiger charge is 2.22. The lowest BCUT2D eigenvalue weighted by Gasteiger charge is -2.27. The molecule has 0 heterocycles. The molecular weight excluding hydrogens is 290 g/mol. The fraction of sp³-hybridized carbons (Fsp3) is 0.933. The van der Waals surface area contributed by atoms with E-state index in [1.54, 1.807) is 0 Å². The van der Waals surface area contributed by atoms with Crippen molar-refractivity contribution in [2.45, 2.75) is 84.1 Å². The van der Waals surface area contributed by atoms with Gasteiger partial charge in [-0.3, -0.25) is 4.79 Å². The summed E-state index contributed by atoms with van der Waals surface area (Å²) in [6.45, 7) is 6.43. The Labute approximate surface area is 121 Å². The molecule has 0 radical (unpaired) electrons. The van der Waals surface area contributed by atoms with Crippen LogP contribution in [0.2, 0.25) is 0 Å². The van der Waals surface area contributed by atoms with Crippen molar-refractivity contribution in [2.75, 3.05) is 5.33 Å². The van der Waals surface area contributed by atoms with Gasteiger partial charge in [0.05, 0.1) is 0 Å². The SMILES string of the molecule is CCCCCCCCCC(=O)NC(C)(CC)CBr. The van der Waals surface area contributed by atoms with Gasteiger partial charge in [0.2, 0.25) is 5.91 Å². The zero-order valence-electron chi connectivity index (χ0n) is 12.4. The van der Waals surface area contributed by atoms with Gasteiger partial charge in [0.1, 0.15) is 0 Å². The average Bonchev–Trinajstić information content (AvgIpc) is 2.37. The molecule has 1 unspecified atom stereocenters. The lowest BCUT2D eigenvalue weighted by Crippen LogP contribution is -2.46. The van der Waals surface area contributed by atoms with Gasteiger partial charge in [-0.05, 0) is 19.8 Å². The van der Waals surface area contributed by atoms with E-state index in [0.717, 1.165) is 18.2 Å². The van der Waals surface area contributed by atoms with E-state index in [-0.39, 0.29) is 11.4 Å². The Hall–Kier alpha value is -0.0500. The molecule has 1 atom stereocenters. The Kier molecular flexibility index (Phi) is 10.8. The standard InChI is InChI=1S/C15H30BrNO/c1-4-6-7-8-9-10-11-12-14(18)17-15(3,5-2)13-16/h4-13H2,1-3H3,(H,17,18). The fourth-order valence-electron chi connectivity index (χ4n) is 1.86. The molecule has 18 heavy (non-hydrogen) atoms. The van der Waals surface area contributed by atoms with Crippen LogP contribution in [0.3, 0.4) is 0 Å². The normalized spacial score (nSPS) is 14.2. The van der Waals surface area contributed by atoms with Crippen LogP contribution in [-0.4, -0.2) is 16.8 Å². The number of hydrogen-bond acceptors (Lipinski definition) is 1. The molecule has 0 saturated heterocycles. The summed E-state index contributed by atoms with van der Waals surface area (Å²) in [6.07, 6.45) is 10.4. The maximum atomic E-state index is 11.8. The Morgan fingerprint density at radius 3 is 2.11 bits per heavy atom. The molecule has 108 valence electrons. The number of alkyl halides is 1. The number of rotatable bonds is 11. The van der Waals surface area contributed by atoms with Crippen LogP contribution in [0, 0.1) is 0 Å². The van der Waals surface area contributed by atoms with Crippen molar-refractivity contribution in [3.8, 4) is 0 Å². The van der Waals surface area contributed by atoms with Gasteiger partial charge in [-0.25, -0.2) is 0 Å². The highest BCUT2D eigenvalue weighted by molar-refractivity contribution is 9.09. The van der Waals surface area contributed by atoms with Gasteiger partial charge >= 0.3 is 0 Å². The average molecular weight is 320 g/mol. The maximum Gasteiger partial charge on any atom is 0.220 e. The van der Waals surface area contributed by atoms with Gasteiger partial charge < -0.3 is 5.32 Å². The predicted molar refractivity (Wildman–Crippen MR) is 83.2 cm³/mol. The number of amides is 1. The Bertz CT molecular complexity index is 215. The topological polar surface area (TPSA) is 29.1 Å². The van der Waals surface area contributed by atoms with E-state index in [4.69, 9.17) is 0 Å². The molecule has 0 aliphatic heterocycles. The predicted octanol–water partition coefficient (Wildman–Crippen LogP) is 4.81. The summed E-state index contributed by atoms with van der Waals surface area (Å²) in [5.41, 5.74) is -0.0851. The van der Waals surface area contributed by atoms with Gasteiger partial charge in [-0.15, -0.1) is 0 Å². The molecule has 0 aliphatic rings. The lowest BCUT2D eigenvalue weighted by atomic mass is 10.0. The van der Waals surface area contributed by atoms with Crippen LogP contribution in [0.5, 0.6) is 0 Å². The second kappa shape index (κ2) is 10.8. The van der Waals surface area contributed by atoms with Gasteiger partial charge in [0.15, 0.2) is 0 Å². The minimum absolute atomic E-state index is 0.0851. The highest BCUT2D eigenvalue weighted by Crippen LogP contribution is 2.13. The molecule has 0 aromatic rings. The molecule has 0 aliphatic carbocycles. The first kappa shape index (κ1) is 17.9. The number of hydrogen-bond donors (Lipinski definition) is 1. The first-order valence-corrected chi connectivity index (χ1v) is 8.57. The molecule has 0 aromatic carbocycles. The summed E-state index contributed by atoms with van der Waals surface area (Å²) in [7, 11) is 0. The second-order valence-corrected chi connectivity index (χ2v) is 6.03. The van der Waals surface area contributed by atoms with Crippen LogP contribution in [0.25, 0.3) is 0 Å². The summed E-state index contributed by atoms with van der Waals surface area (Å²) in [5, 5.41) is 3.94. The van der Waals surface area contributed by atoms with E-state index in [1.165, 1.54) is 38.5 Å². The summed E-state index contributed by atoms with van der Waals surface area (Å²) in [4.78, 5) is 11.8. The number of carbonyl (C=O) groups excluding carboxylic acids is 1. The minimum Gasteiger partial charge on any atom is -0.350 e. The molecule has 2 nitrogen and oxygen atoms in total. The molecule has 1 amide bonds. The first-order valence-electron chi connectivity index (χ1n) is 7.45. The molecular formula is C15H30BrNO. The third kappa shape index (κ3) is 8.96. The molecule has 0 aromatic heterocycles. The number of nitrogens with one attached hydrogen (secondary N) is 1. The zero-order chi connectivity index (χ0) is 13.9. The van der Waals surface area contributed by atoms with E-state index >= 15 is 0 Å². The van der Waals surface area contributed by atoms with Crippen molar-refractivity contribution in [1.82, 2.24) is 5.32 Å². The van der Waals surface area contributed by atoms with Crippen LogP contribution in [-0.2, 0) is 4.79 Å². The largest absolute Gasteiger partial charge is 0.350 e. The number of halogens is 1. The Balaban J connectivity index is 3.53. The van der Waals surface area contributed by atoms with Crippen molar-refractivity contribution < 1.29 is 4.79 Å². The molecule has 0 fully saturated rings. The van der Waals surface area contributed by atoms with E-state index in [1.807, 2.05) is 0 Å². The van der Waals surface area contributed by atoms with E-state index in [9.17, 15) is 4.79 Å². The monoisotopic (exact) mass is 319 g/mol. The molecule has 0 bridgehead atoms. The summed E-state index contributed by atoms with van der Waals surface area (Å²) in [6, 6.07) is 0. The van der Waals surface area contributed by atoms with Crippen molar-refractivity contribution in [3.05, 3.63) is 0 Å². The molecule has 1 N–H and O–H groups in total. The molecule has 0 spiro atoms. The van der Waals surface area contributed by atoms with Crippen molar-refractivity contribution >= 4 is 21.8 Å². The second-order valence-electron chi connectivity index (χ2n) is 5.47. The van der Waals surface area contributed by atoms with E-state index in [0.29, 0.717) is 6.42 Å². The van der Waals surface area contributed by atoms with Crippen LogP contribution in [0.1, 0.15) is 78.6 Å². The van der Waals surface area contributed by atoms with Crippen molar-refractivity contribution in [1.29, 1.82) is 0 Å².